The molecule has 0 aliphatic carbocycles. The van der Waals surface area contributed by atoms with Gasteiger partial charge in [0, 0.05) is 38.4 Å². The molecule has 2 aromatic rings. The summed E-state index contributed by atoms with van der Waals surface area (Å²) in [6.07, 6.45) is 4.24. The van der Waals surface area contributed by atoms with E-state index >= 15 is 0 Å². The van der Waals surface area contributed by atoms with Gasteiger partial charge in [0.2, 0.25) is 0 Å². The van der Waals surface area contributed by atoms with Gasteiger partial charge in [-0.2, -0.15) is 15.0 Å². The SMILES string of the molecule is CN(C)c1cccc(C(=O)N2CCC(n3nccn3)C2)c1. The predicted molar refractivity (Wildman–Crippen MR) is 80.3 cm³/mol. The summed E-state index contributed by atoms with van der Waals surface area (Å²) in [6.45, 7) is 1.41. The van der Waals surface area contributed by atoms with Gasteiger partial charge in [0.1, 0.15) is 0 Å². The lowest BCUT2D eigenvalue weighted by atomic mass is 10.1. The molecule has 1 fully saturated rings. The third-order valence-corrected chi connectivity index (χ3v) is 3.82. The van der Waals surface area contributed by atoms with Crippen molar-refractivity contribution in [2.75, 3.05) is 32.1 Å². The minimum atomic E-state index is 0.0772. The quantitative estimate of drug-likeness (QED) is 0.856. The van der Waals surface area contributed by atoms with Crippen LogP contribution >= 0.6 is 0 Å². The molecule has 1 saturated heterocycles. The molecule has 3 rings (SSSR count). The van der Waals surface area contributed by atoms with Crippen LogP contribution in [0.4, 0.5) is 5.69 Å². The van der Waals surface area contributed by atoms with Gasteiger partial charge in [-0.15, -0.1) is 0 Å². The van der Waals surface area contributed by atoms with Crippen LogP contribution in [0, 0.1) is 0 Å². The zero-order valence-corrected chi connectivity index (χ0v) is 12.3. The van der Waals surface area contributed by atoms with Crippen LogP contribution in [0.1, 0.15) is 22.8 Å². The molecule has 1 amide bonds. The van der Waals surface area contributed by atoms with Gasteiger partial charge < -0.3 is 9.80 Å². The van der Waals surface area contributed by atoms with Crippen molar-refractivity contribution in [2.24, 2.45) is 0 Å². The van der Waals surface area contributed by atoms with E-state index in [2.05, 4.69) is 10.2 Å². The summed E-state index contributed by atoms with van der Waals surface area (Å²) in [7, 11) is 3.94. The molecule has 1 atom stereocenters. The smallest absolute Gasteiger partial charge is 0.254 e. The lowest BCUT2D eigenvalue weighted by Gasteiger charge is -2.18. The Kier molecular flexibility index (Phi) is 3.60. The van der Waals surface area contributed by atoms with Crippen LogP contribution in [0.25, 0.3) is 0 Å². The first kappa shape index (κ1) is 13.6. The Labute approximate surface area is 124 Å². The maximum absolute atomic E-state index is 12.6. The monoisotopic (exact) mass is 285 g/mol. The fourth-order valence-electron chi connectivity index (χ4n) is 2.63. The number of carbonyl (C=O) groups excluding carboxylic acids is 1. The Balaban J connectivity index is 1.73. The average Bonchev–Trinajstić information content (AvgIpc) is 3.17. The van der Waals surface area contributed by atoms with Gasteiger partial charge in [0.05, 0.1) is 18.4 Å². The predicted octanol–water partition coefficient (Wildman–Crippen LogP) is 1.43. The highest BCUT2D eigenvalue weighted by atomic mass is 16.2. The lowest BCUT2D eigenvalue weighted by Crippen LogP contribution is -2.29. The number of benzene rings is 1. The molecule has 21 heavy (non-hydrogen) atoms. The Bertz CT molecular complexity index is 623. The molecule has 0 bridgehead atoms. The number of anilines is 1. The Morgan fingerprint density at radius 2 is 2.05 bits per heavy atom. The molecule has 1 unspecified atom stereocenters. The second-order valence-electron chi connectivity index (χ2n) is 5.49. The number of aromatic nitrogens is 3. The summed E-state index contributed by atoms with van der Waals surface area (Å²) in [4.78, 5) is 18.2. The zero-order chi connectivity index (χ0) is 14.8. The normalized spacial score (nSPS) is 18.0. The Morgan fingerprint density at radius 3 is 2.76 bits per heavy atom. The van der Waals surface area contributed by atoms with Gasteiger partial charge in [-0.25, -0.2) is 0 Å². The number of hydrogen-bond acceptors (Lipinski definition) is 4. The lowest BCUT2D eigenvalue weighted by molar-refractivity contribution is 0.0786. The van der Waals surface area contributed by atoms with Crippen LogP contribution in [0.2, 0.25) is 0 Å². The van der Waals surface area contributed by atoms with E-state index in [9.17, 15) is 4.79 Å². The molecule has 0 N–H and O–H groups in total. The first-order valence-electron chi connectivity index (χ1n) is 7.07. The molecular formula is C15H19N5O. The fourth-order valence-corrected chi connectivity index (χ4v) is 2.63. The van der Waals surface area contributed by atoms with Crippen molar-refractivity contribution in [3.05, 3.63) is 42.2 Å². The number of nitrogens with zero attached hydrogens (tertiary/aromatic N) is 5. The molecule has 1 aliphatic rings. The molecule has 1 aromatic heterocycles. The van der Waals surface area contributed by atoms with E-state index in [1.807, 2.05) is 48.2 Å². The second-order valence-corrected chi connectivity index (χ2v) is 5.49. The second kappa shape index (κ2) is 5.55. The molecule has 2 heterocycles. The van der Waals surface area contributed by atoms with E-state index in [0.29, 0.717) is 6.54 Å². The molecular weight excluding hydrogens is 266 g/mol. The van der Waals surface area contributed by atoms with Gasteiger partial charge >= 0.3 is 0 Å². The van der Waals surface area contributed by atoms with Crippen molar-refractivity contribution < 1.29 is 4.79 Å². The van der Waals surface area contributed by atoms with Crippen LogP contribution in [0.5, 0.6) is 0 Å². The van der Waals surface area contributed by atoms with Gasteiger partial charge in [0.25, 0.3) is 5.91 Å². The van der Waals surface area contributed by atoms with Crippen molar-refractivity contribution >= 4 is 11.6 Å². The number of rotatable bonds is 3. The number of carbonyl (C=O) groups is 1. The highest BCUT2D eigenvalue weighted by molar-refractivity contribution is 5.95. The maximum Gasteiger partial charge on any atom is 0.254 e. The summed E-state index contributed by atoms with van der Waals surface area (Å²) in [5, 5.41) is 8.33. The zero-order valence-electron chi connectivity index (χ0n) is 12.3. The molecule has 0 spiro atoms. The molecule has 6 nitrogen and oxygen atoms in total. The van der Waals surface area contributed by atoms with E-state index < -0.39 is 0 Å². The van der Waals surface area contributed by atoms with E-state index in [1.54, 1.807) is 17.2 Å². The van der Waals surface area contributed by atoms with Gasteiger partial charge in [0.15, 0.2) is 0 Å². The van der Waals surface area contributed by atoms with Gasteiger partial charge in [-0.05, 0) is 24.6 Å². The first-order valence-corrected chi connectivity index (χ1v) is 7.07. The molecule has 6 heteroatoms. The maximum atomic E-state index is 12.6. The van der Waals surface area contributed by atoms with Crippen molar-refractivity contribution in [1.29, 1.82) is 0 Å². The van der Waals surface area contributed by atoms with Crippen LogP contribution in [-0.4, -0.2) is 53.0 Å². The van der Waals surface area contributed by atoms with Crippen LogP contribution in [0.15, 0.2) is 36.7 Å². The van der Waals surface area contributed by atoms with Crippen LogP contribution < -0.4 is 4.90 Å². The van der Waals surface area contributed by atoms with Crippen molar-refractivity contribution in [3.63, 3.8) is 0 Å². The van der Waals surface area contributed by atoms with Crippen LogP contribution in [0.3, 0.4) is 0 Å². The topological polar surface area (TPSA) is 54.3 Å². The van der Waals surface area contributed by atoms with Crippen molar-refractivity contribution in [2.45, 2.75) is 12.5 Å². The average molecular weight is 285 g/mol. The minimum absolute atomic E-state index is 0.0772. The van der Waals surface area contributed by atoms with Gasteiger partial charge in [-0.1, -0.05) is 6.07 Å². The standard InChI is InChI=1S/C15H19N5O/c1-18(2)13-5-3-4-12(10-13)15(21)19-9-6-14(11-19)20-16-7-8-17-20/h3-5,7-8,10,14H,6,9,11H2,1-2H3. The highest BCUT2D eigenvalue weighted by Gasteiger charge is 2.29. The number of amides is 1. The summed E-state index contributed by atoms with van der Waals surface area (Å²) >= 11 is 0. The van der Waals surface area contributed by atoms with E-state index in [0.717, 1.165) is 24.2 Å². The fraction of sp³-hybridized carbons (Fsp3) is 0.400. The summed E-state index contributed by atoms with van der Waals surface area (Å²) in [5.74, 6) is 0.0772. The summed E-state index contributed by atoms with van der Waals surface area (Å²) < 4.78 is 0. The van der Waals surface area contributed by atoms with E-state index in [1.165, 1.54) is 0 Å². The van der Waals surface area contributed by atoms with Crippen molar-refractivity contribution in [1.82, 2.24) is 19.9 Å². The first-order chi connectivity index (χ1) is 10.1. The number of likely N-dealkylation sites (tertiary alicyclic amines) is 1. The van der Waals surface area contributed by atoms with E-state index in [-0.39, 0.29) is 11.9 Å². The molecule has 110 valence electrons. The third kappa shape index (κ3) is 2.74. The summed E-state index contributed by atoms with van der Waals surface area (Å²) in [6, 6.07) is 7.90. The Hall–Kier alpha value is -2.37. The van der Waals surface area contributed by atoms with Gasteiger partial charge in [-0.3, -0.25) is 4.79 Å². The minimum Gasteiger partial charge on any atom is -0.378 e. The Morgan fingerprint density at radius 1 is 1.29 bits per heavy atom. The van der Waals surface area contributed by atoms with Crippen molar-refractivity contribution in [3.8, 4) is 0 Å². The number of hydrogen-bond donors (Lipinski definition) is 0. The largest absolute Gasteiger partial charge is 0.378 e. The van der Waals surface area contributed by atoms with E-state index in [4.69, 9.17) is 0 Å². The van der Waals surface area contributed by atoms with Crippen LogP contribution in [-0.2, 0) is 0 Å². The molecule has 1 aromatic carbocycles. The molecule has 0 radical (unpaired) electrons. The molecule has 0 saturated carbocycles. The highest BCUT2D eigenvalue weighted by Crippen LogP contribution is 2.23. The summed E-state index contributed by atoms with van der Waals surface area (Å²) in [5.41, 5.74) is 1.76. The third-order valence-electron chi connectivity index (χ3n) is 3.82. The molecule has 1 aliphatic heterocycles.